The van der Waals surface area contributed by atoms with E-state index in [4.69, 9.17) is 9.40 Å². The van der Waals surface area contributed by atoms with Crippen LogP contribution in [0.15, 0.2) is 58.5 Å². The van der Waals surface area contributed by atoms with Crippen molar-refractivity contribution in [2.75, 3.05) is 18.0 Å². The number of nitrogens with one attached hydrogen (secondary N) is 2. The van der Waals surface area contributed by atoms with E-state index in [2.05, 4.69) is 20.5 Å². The van der Waals surface area contributed by atoms with Gasteiger partial charge in [-0.2, -0.15) is 4.98 Å². The average molecular weight is 446 g/mol. The molecule has 2 aliphatic rings. The van der Waals surface area contributed by atoms with Gasteiger partial charge in [0.15, 0.2) is 5.58 Å². The van der Waals surface area contributed by atoms with Gasteiger partial charge in [-0.1, -0.05) is 30.3 Å². The van der Waals surface area contributed by atoms with E-state index in [-0.39, 0.29) is 5.91 Å². The first-order valence-electron chi connectivity index (χ1n) is 10.9. The lowest BCUT2D eigenvalue weighted by molar-refractivity contribution is 0.0951. The molecule has 2 unspecified atom stereocenters. The summed E-state index contributed by atoms with van der Waals surface area (Å²) in [6.07, 6.45) is 4.15. The van der Waals surface area contributed by atoms with Gasteiger partial charge < -0.3 is 20.0 Å². The Balaban J connectivity index is 1.34. The molecular weight excluding hydrogens is 422 g/mol. The van der Waals surface area contributed by atoms with Gasteiger partial charge in [0.2, 0.25) is 0 Å². The first-order valence-corrected chi connectivity index (χ1v) is 11.8. The number of hydrogen-bond acceptors (Lipinski definition) is 7. The topological polar surface area (TPSA) is 83.3 Å². The Kier molecular flexibility index (Phi) is 4.88. The Bertz CT molecular complexity index is 1240. The highest BCUT2D eigenvalue weighted by molar-refractivity contribution is 7.13. The lowest BCUT2D eigenvalue weighted by Crippen LogP contribution is -2.51. The molecule has 2 bridgehead atoms. The number of hydrogen-bond donors (Lipinski definition) is 2. The van der Waals surface area contributed by atoms with Crippen LogP contribution in [0.1, 0.15) is 28.8 Å². The largest absolute Gasteiger partial charge is 0.423 e. The van der Waals surface area contributed by atoms with Gasteiger partial charge in [-0.25, -0.2) is 4.98 Å². The smallest absolute Gasteiger partial charge is 0.298 e. The Labute approximate surface area is 189 Å². The molecule has 0 saturated carbocycles. The predicted molar refractivity (Wildman–Crippen MR) is 125 cm³/mol. The summed E-state index contributed by atoms with van der Waals surface area (Å²) in [4.78, 5) is 24.5. The van der Waals surface area contributed by atoms with Crippen molar-refractivity contribution < 1.29 is 9.21 Å². The maximum atomic E-state index is 13.0. The van der Waals surface area contributed by atoms with E-state index >= 15 is 0 Å². The van der Waals surface area contributed by atoms with Crippen molar-refractivity contribution >= 4 is 34.4 Å². The minimum Gasteiger partial charge on any atom is -0.423 e. The summed E-state index contributed by atoms with van der Waals surface area (Å²) in [5.74, 6) is -0.140. The lowest BCUT2D eigenvalue weighted by Gasteiger charge is -2.31. The second kappa shape index (κ2) is 8.03. The second-order valence-corrected chi connectivity index (χ2v) is 9.31. The third-order valence-corrected chi connectivity index (χ3v) is 6.99. The molecule has 32 heavy (non-hydrogen) atoms. The molecule has 2 aliphatic heterocycles. The van der Waals surface area contributed by atoms with Gasteiger partial charge >= 0.3 is 0 Å². The van der Waals surface area contributed by atoms with Crippen LogP contribution in [0.5, 0.6) is 0 Å². The highest BCUT2D eigenvalue weighted by Crippen LogP contribution is 2.35. The van der Waals surface area contributed by atoms with Crippen molar-refractivity contribution in [3.63, 3.8) is 0 Å². The van der Waals surface area contributed by atoms with Gasteiger partial charge in [-0.05, 0) is 30.5 Å². The SMILES string of the molecule is O=C(NCc1ccccc1)c1cc(-c2nccs2)c2oc(N3CC4CCC(C3)N4)nc2c1. The molecule has 2 aromatic carbocycles. The number of thiazole rings is 1. The zero-order valence-corrected chi connectivity index (χ0v) is 18.3. The zero-order chi connectivity index (χ0) is 21.5. The Morgan fingerprint density at radius 2 is 2.00 bits per heavy atom. The van der Waals surface area contributed by atoms with E-state index in [1.54, 1.807) is 6.20 Å². The van der Waals surface area contributed by atoms with Gasteiger partial charge in [-0.3, -0.25) is 4.79 Å². The molecule has 2 aromatic heterocycles. The predicted octanol–water partition coefficient (Wildman–Crippen LogP) is 3.82. The van der Waals surface area contributed by atoms with E-state index < -0.39 is 0 Å². The summed E-state index contributed by atoms with van der Waals surface area (Å²) in [7, 11) is 0. The molecule has 2 fully saturated rings. The average Bonchev–Trinajstić information content (AvgIpc) is 3.57. The number of fused-ring (bicyclic) bond motifs is 3. The highest BCUT2D eigenvalue weighted by Gasteiger charge is 2.34. The first-order chi connectivity index (χ1) is 15.7. The molecule has 4 aromatic rings. The van der Waals surface area contributed by atoms with Gasteiger partial charge in [-0.15, -0.1) is 11.3 Å². The lowest BCUT2D eigenvalue weighted by atomic mass is 10.1. The number of benzene rings is 2. The standard InChI is InChI=1S/C24H23N5O2S/c30-22(26-12-15-4-2-1-3-5-15)16-10-19(23-25-8-9-32-23)21-20(11-16)28-24(31-21)29-13-17-6-7-18(14-29)27-17/h1-5,8-11,17-18,27H,6-7,12-14H2,(H,26,30). The van der Waals surface area contributed by atoms with Crippen LogP contribution in [-0.2, 0) is 6.54 Å². The molecule has 2 N–H and O–H groups in total. The maximum Gasteiger partial charge on any atom is 0.298 e. The van der Waals surface area contributed by atoms with Crippen molar-refractivity contribution in [2.45, 2.75) is 31.5 Å². The van der Waals surface area contributed by atoms with Crippen molar-refractivity contribution in [3.8, 4) is 10.6 Å². The summed E-state index contributed by atoms with van der Waals surface area (Å²) < 4.78 is 6.27. The van der Waals surface area contributed by atoms with Gasteiger partial charge in [0.1, 0.15) is 10.5 Å². The maximum absolute atomic E-state index is 13.0. The van der Waals surface area contributed by atoms with Crippen LogP contribution < -0.4 is 15.5 Å². The number of rotatable bonds is 5. The molecule has 0 spiro atoms. The minimum atomic E-state index is -0.140. The Hall–Kier alpha value is -3.23. The molecule has 0 radical (unpaired) electrons. The third-order valence-electron chi connectivity index (χ3n) is 6.19. The number of oxazole rings is 1. The van der Waals surface area contributed by atoms with E-state index in [1.165, 1.54) is 24.2 Å². The van der Waals surface area contributed by atoms with Crippen molar-refractivity contribution in [1.29, 1.82) is 0 Å². The Morgan fingerprint density at radius 3 is 2.75 bits per heavy atom. The van der Waals surface area contributed by atoms with Gasteiger partial charge in [0.25, 0.3) is 11.9 Å². The molecule has 8 heteroatoms. The van der Waals surface area contributed by atoms with Crippen molar-refractivity contribution in [2.24, 2.45) is 0 Å². The molecule has 162 valence electrons. The molecule has 7 nitrogen and oxygen atoms in total. The Morgan fingerprint density at radius 1 is 1.19 bits per heavy atom. The molecule has 2 saturated heterocycles. The fraction of sp³-hybridized carbons (Fsp3) is 0.292. The number of carbonyl (C=O) groups is 1. The molecule has 4 heterocycles. The fourth-order valence-corrected chi connectivity index (χ4v) is 5.29. The number of amides is 1. The summed E-state index contributed by atoms with van der Waals surface area (Å²) in [6, 6.07) is 15.2. The third kappa shape index (κ3) is 3.65. The first kappa shape index (κ1) is 19.5. The molecule has 1 amide bonds. The number of aromatic nitrogens is 2. The number of anilines is 1. The summed E-state index contributed by atoms with van der Waals surface area (Å²) in [6.45, 7) is 2.25. The van der Waals surface area contributed by atoms with Crippen LogP contribution in [0.4, 0.5) is 6.01 Å². The zero-order valence-electron chi connectivity index (χ0n) is 17.5. The summed E-state index contributed by atoms with van der Waals surface area (Å²) in [5.41, 5.74) is 3.78. The van der Waals surface area contributed by atoms with Crippen molar-refractivity contribution in [1.82, 2.24) is 20.6 Å². The van der Waals surface area contributed by atoms with E-state index in [1.807, 2.05) is 47.8 Å². The van der Waals surface area contributed by atoms with Crippen LogP contribution in [0.25, 0.3) is 21.7 Å². The summed E-state index contributed by atoms with van der Waals surface area (Å²) in [5, 5.41) is 9.39. The highest BCUT2D eigenvalue weighted by atomic mass is 32.1. The summed E-state index contributed by atoms with van der Waals surface area (Å²) >= 11 is 1.52. The van der Waals surface area contributed by atoms with Crippen LogP contribution in [0.2, 0.25) is 0 Å². The van der Waals surface area contributed by atoms with E-state index in [0.29, 0.717) is 41.3 Å². The molecule has 0 aliphatic carbocycles. The minimum absolute atomic E-state index is 0.140. The van der Waals surface area contributed by atoms with E-state index in [9.17, 15) is 4.79 Å². The number of carbonyl (C=O) groups excluding carboxylic acids is 1. The number of nitrogens with zero attached hydrogens (tertiary/aromatic N) is 3. The molecular formula is C24H23N5O2S. The fourth-order valence-electron chi connectivity index (χ4n) is 4.64. The van der Waals surface area contributed by atoms with E-state index in [0.717, 1.165) is 29.2 Å². The van der Waals surface area contributed by atoms with Gasteiger partial charge in [0, 0.05) is 48.9 Å². The van der Waals surface area contributed by atoms with Crippen LogP contribution in [0, 0.1) is 0 Å². The van der Waals surface area contributed by atoms with Crippen LogP contribution in [-0.4, -0.2) is 41.0 Å². The second-order valence-electron chi connectivity index (χ2n) is 8.42. The van der Waals surface area contributed by atoms with Crippen molar-refractivity contribution in [3.05, 3.63) is 65.2 Å². The van der Waals surface area contributed by atoms with Crippen LogP contribution in [0.3, 0.4) is 0 Å². The number of piperazine rings is 1. The monoisotopic (exact) mass is 445 g/mol. The van der Waals surface area contributed by atoms with Gasteiger partial charge in [0.05, 0.1) is 5.56 Å². The van der Waals surface area contributed by atoms with Crippen LogP contribution >= 0.6 is 11.3 Å². The quantitative estimate of drug-likeness (QED) is 0.486. The molecule has 2 atom stereocenters. The normalized spacial score (nSPS) is 20.1. The molecule has 6 rings (SSSR count).